The van der Waals surface area contributed by atoms with Crippen LogP contribution in [0.5, 0.6) is 0 Å². The fourth-order valence-corrected chi connectivity index (χ4v) is 1.57. The molecule has 0 aliphatic heterocycles. The van der Waals surface area contributed by atoms with E-state index in [0.717, 1.165) is 0 Å². The molecule has 0 saturated heterocycles. The fourth-order valence-electron chi connectivity index (χ4n) is 0.744. The van der Waals surface area contributed by atoms with Gasteiger partial charge in [0.1, 0.15) is 6.04 Å². The predicted molar refractivity (Wildman–Crippen MR) is 43.9 cm³/mol. The van der Waals surface area contributed by atoms with Gasteiger partial charge in [0.2, 0.25) is 0 Å². The lowest BCUT2D eigenvalue weighted by Crippen LogP contribution is -2.17. The molecule has 13 heavy (non-hydrogen) atoms. The highest BCUT2D eigenvalue weighted by atomic mass is 32.1. The Kier molecular flexibility index (Phi) is 2.89. The van der Waals surface area contributed by atoms with Crippen LogP contribution in [-0.2, 0) is 0 Å². The summed E-state index contributed by atoms with van der Waals surface area (Å²) in [6.07, 6.45) is -2.70. The summed E-state index contributed by atoms with van der Waals surface area (Å²) >= 11 is 0.673. The van der Waals surface area contributed by atoms with Gasteiger partial charge in [-0.05, 0) is 6.07 Å². The lowest BCUT2D eigenvalue weighted by Gasteiger charge is -2.05. The number of alkyl halides is 2. The molecule has 1 rings (SSSR count). The van der Waals surface area contributed by atoms with Crippen molar-refractivity contribution in [3.8, 4) is 0 Å². The highest BCUT2D eigenvalue weighted by Crippen LogP contribution is 2.30. The number of hydrogen-bond acceptors (Lipinski definition) is 4. The molecule has 72 valence electrons. The van der Waals surface area contributed by atoms with Gasteiger partial charge in [-0.3, -0.25) is 10.1 Å². The number of nitro groups is 1. The van der Waals surface area contributed by atoms with Gasteiger partial charge in [-0.2, -0.15) is 0 Å². The number of thiophene rings is 1. The van der Waals surface area contributed by atoms with Crippen molar-refractivity contribution in [1.82, 2.24) is 0 Å². The van der Waals surface area contributed by atoms with E-state index in [4.69, 9.17) is 5.73 Å². The molecule has 1 unspecified atom stereocenters. The van der Waals surface area contributed by atoms with E-state index in [1.54, 1.807) is 0 Å². The molecule has 0 radical (unpaired) electrons. The summed E-state index contributed by atoms with van der Waals surface area (Å²) in [6, 6.07) is 0.987. The van der Waals surface area contributed by atoms with Crippen molar-refractivity contribution in [1.29, 1.82) is 0 Å². The maximum Gasteiger partial charge on any atom is 0.324 e. The maximum absolute atomic E-state index is 12.0. The lowest BCUT2D eigenvalue weighted by atomic mass is 10.3. The number of nitrogens with zero attached hydrogens (tertiary/aromatic N) is 1. The van der Waals surface area contributed by atoms with Crippen LogP contribution in [0.3, 0.4) is 0 Å². The first-order valence-corrected chi connectivity index (χ1v) is 4.12. The quantitative estimate of drug-likeness (QED) is 0.609. The topological polar surface area (TPSA) is 69.2 Å². The van der Waals surface area contributed by atoms with Crippen molar-refractivity contribution in [2.75, 3.05) is 0 Å². The third-order valence-electron chi connectivity index (χ3n) is 1.39. The van der Waals surface area contributed by atoms with Crippen LogP contribution < -0.4 is 5.73 Å². The van der Waals surface area contributed by atoms with Crippen LogP contribution in [0.4, 0.5) is 13.8 Å². The Bertz CT molecular complexity index is 315. The molecule has 0 saturated carbocycles. The molecule has 2 N–H and O–H groups in total. The molecule has 4 nitrogen and oxygen atoms in total. The molecule has 0 fully saturated rings. The van der Waals surface area contributed by atoms with Crippen LogP contribution in [0.25, 0.3) is 0 Å². The van der Waals surface area contributed by atoms with Crippen molar-refractivity contribution < 1.29 is 13.7 Å². The molecular formula is C6H6F2N2O2S. The van der Waals surface area contributed by atoms with E-state index >= 15 is 0 Å². The van der Waals surface area contributed by atoms with E-state index in [1.807, 2.05) is 0 Å². The second-order valence-corrected chi connectivity index (χ2v) is 3.39. The molecule has 0 bridgehead atoms. The Labute approximate surface area is 76.1 Å². The molecule has 7 heteroatoms. The number of halogens is 2. The van der Waals surface area contributed by atoms with E-state index in [2.05, 4.69) is 0 Å². The molecule has 0 spiro atoms. The Hall–Kier alpha value is -1.08. The van der Waals surface area contributed by atoms with Gasteiger partial charge in [0.05, 0.1) is 4.92 Å². The summed E-state index contributed by atoms with van der Waals surface area (Å²) in [5, 5.41) is 10.0. The zero-order valence-electron chi connectivity index (χ0n) is 6.31. The molecule has 1 aromatic rings. The summed E-state index contributed by atoms with van der Waals surface area (Å²) in [6.45, 7) is 0. The van der Waals surface area contributed by atoms with Crippen molar-refractivity contribution in [2.24, 2.45) is 5.73 Å². The molecule has 0 amide bonds. The fraction of sp³-hybridized carbons (Fsp3) is 0.333. The molecule has 1 aromatic heterocycles. The van der Waals surface area contributed by atoms with E-state index in [1.165, 1.54) is 12.1 Å². The van der Waals surface area contributed by atoms with Gasteiger partial charge in [-0.15, -0.1) is 0 Å². The minimum atomic E-state index is -2.70. The van der Waals surface area contributed by atoms with E-state index in [0.29, 0.717) is 11.3 Å². The van der Waals surface area contributed by atoms with Gasteiger partial charge in [-0.1, -0.05) is 11.3 Å². The minimum absolute atomic E-state index is 0.127. The van der Waals surface area contributed by atoms with Crippen molar-refractivity contribution >= 4 is 16.3 Å². The number of hydrogen-bond donors (Lipinski definition) is 1. The average molecular weight is 208 g/mol. The highest BCUT2D eigenvalue weighted by Gasteiger charge is 2.21. The Morgan fingerprint density at radius 3 is 2.54 bits per heavy atom. The zero-order valence-corrected chi connectivity index (χ0v) is 7.13. The molecule has 1 heterocycles. The van der Waals surface area contributed by atoms with E-state index in [9.17, 15) is 18.9 Å². The van der Waals surface area contributed by atoms with Gasteiger partial charge in [0.15, 0.2) is 0 Å². The van der Waals surface area contributed by atoms with Crippen molar-refractivity contribution in [3.05, 3.63) is 27.1 Å². The molecule has 0 aromatic carbocycles. The first kappa shape index (κ1) is 10.0. The van der Waals surface area contributed by atoms with Gasteiger partial charge in [0, 0.05) is 10.9 Å². The largest absolute Gasteiger partial charge is 0.324 e. The monoisotopic (exact) mass is 208 g/mol. The van der Waals surface area contributed by atoms with Crippen LogP contribution in [0, 0.1) is 10.1 Å². The van der Waals surface area contributed by atoms with Crippen molar-refractivity contribution in [3.63, 3.8) is 0 Å². The first-order valence-electron chi connectivity index (χ1n) is 3.30. The van der Waals surface area contributed by atoms with Gasteiger partial charge in [-0.25, -0.2) is 8.78 Å². The van der Waals surface area contributed by atoms with Crippen LogP contribution in [0.15, 0.2) is 12.1 Å². The number of rotatable bonds is 3. The zero-order chi connectivity index (χ0) is 10.0. The van der Waals surface area contributed by atoms with Crippen LogP contribution in [-0.4, -0.2) is 11.3 Å². The predicted octanol–water partition coefficient (Wildman–Crippen LogP) is 1.92. The third-order valence-corrected chi connectivity index (χ3v) is 2.53. The molecule has 0 aliphatic rings. The van der Waals surface area contributed by atoms with Crippen LogP contribution >= 0.6 is 11.3 Å². The summed E-state index contributed by atoms with van der Waals surface area (Å²) in [7, 11) is 0. The standard InChI is InChI=1S/C6H6F2N2O2S/c7-6(8)5(9)3-1-2-4(13-3)10(11)12/h1-2,5-6H,9H2. The minimum Gasteiger partial charge on any atom is -0.319 e. The SMILES string of the molecule is NC(c1ccc([N+](=O)[O-])s1)C(F)F. The maximum atomic E-state index is 12.0. The van der Waals surface area contributed by atoms with E-state index in [-0.39, 0.29) is 9.88 Å². The Morgan fingerprint density at radius 2 is 2.15 bits per heavy atom. The molecule has 0 aliphatic carbocycles. The molecule has 1 atom stereocenters. The molecular weight excluding hydrogens is 202 g/mol. The Morgan fingerprint density at radius 1 is 1.54 bits per heavy atom. The first-order chi connectivity index (χ1) is 6.02. The lowest BCUT2D eigenvalue weighted by molar-refractivity contribution is -0.380. The van der Waals surface area contributed by atoms with Crippen LogP contribution in [0.2, 0.25) is 0 Å². The van der Waals surface area contributed by atoms with Crippen molar-refractivity contribution in [2.45, 2.75) is 12.5 Å². The summed E-state index contributed by atoms with van der Waals surface area (Å²) < 4.78 is 24.1. The third kappa shape index (κ3) is 2.19. The van der Waals surface area contributed by atoms with E-state index < -0.39 is 17.4 Å². The number of nitrogens with two attached hydrogens (primary N) is 1. The smallest absolute Gasteiger partial charge is 0.319 e. The van der Waals surface area contributed by atoms with Gasteiger partial charge in [0.25, 0.3) is 6.43 Å². The summed E-state index contributed by atoms with van der Waals surface area (Å²) in [5.74, 6) is 0. The van der Waals surface area contributed by atoms with Gasteiger partial charge >= 0.3 is 5.00 Å². The normalized spacial score (nSPS) is 13.2. The highest BCUT2D eigenvalue weighted by molar-refractivity contribution is 7.15. The Balaban J connectivity index is 2.85. The van der Waals surface area contributed by atoms with Crippen LogP contribution in [0.1, 0.15) is 10.9 Å². The summed E-state index contributed by atoms with van der Waals surface area (Å²) in [5.41, 5.74) is 5.09. The summed E-state index contributed by atoms with van der Waals surface area (Å²) in [4.78, 5) is 9.69. The van der Waals surface area contributed by atoms with Gasteiger partial charge < -0.3 is 5.73 Å². The average Bonchev–Trinajstić information content (AvgIpc) is 2.50. The second kappa shape index (κ2) is 3.75. The second-order valence-electron chi connectivity index (χ2n) is 2.29.